The molecule has 11 atom stereocenters. The van der Waals surface area contributed by atoms with Gasteiger partial charge in [0.15, 0.2) is 0 Å². The molecular weight excluding hydrogens is 445 g/mol. The largest absolute Gasteiger partial charge is 1.00 e. The van der Waals surface area contributed by atoms with Crippen LogP contribution in [0.25, 0.3) is 0 Å². The summed E-state index contributed by atoms with van der Waals surface area (Å²) in [5.41, 5.74) is -0.230. The van der Waals surface area contributed by atoms with Gasteiger partial charge in [-0.3, -0.25) is 4.79 Å². The van der Waals surface area contributed by atoms with Gasteiger partial charge in [-0.2, -0.15) is 0 Å². The van der Waals surface area contributed by atoms with Crippen molar-refractivity contribution in [2.75, 3.05) is 6.54 Å². The fraction of sp³-hybridized carbons (Fsp3) is 0.923. The number of carboxylic acid groups (broad SMARTS) is 1. The number of carbonyl (C=O) groups excluding carboxylic acids is 2. The molecule has 4 N–H and O–H groups in total. The van der Waals surface area contributed by atoms with E-state index in [0.717, 1.165) is 38.5 Å². The van der Waals surface area contributed by atoms with Crippen LogP contribution in [0.1, 0.15) is 78.6 Å². The van der Waals surface area contributed by atoms with E-state index in [1.807, 2.05) is 0 Å². The van der Waals surface area contributed by atoms with E-state index in [0.29, 0.717) is 18.8 Å². The summed E-state index contributed by atoms with van der Waals surface area (Å²) in [6, 6.07) is 0. The smallest absolute Gasteiger partial charge is 0.548 e. The molecule has 0 spiro atoms. The van der Waals surface area contributed by atoms with E-state index in [2.05, 4.69) is 26.1 Å². The van der Waals surface area contributed by atoms with Crippen LogP contribution in [0, 0.1) is 46.3 Å². The second-order valence-corrected chi connectivity index (χ2v) is 12.2. The number of fused-ring (bicyclic) bond motifs is 5. The summed E-state index contributed by atoms with van der Waals surface area (Å²) >= 11 is 0. The molecule has 4 fully saturated rings. The van der Waals surface area contributed by atoms with Crippen LogP contribution in [0.15, 0.2) is 0 Å². The normalized spacial score (nSPS) is 46.3. The summed E-state index contributed by atoms with van der Waals surface area (Å²) in [5.74, 6) is -0.0789. The SMILES string of the molecule is C[C@H](CCC(=O)NCC(=O)[O-])[C@H]1CC[C@H]2C3[C@H](O)C[C@@H]4C[C@H](O)CCC4(C)[C@H]3C[C@H](O)[C@]12C.[Na+]. The topological polar surface area (TPSA) is 130 Å². The minimum absolute atomic E-state index is 0. The molecule has 0 heterocycles. The van der Waals surface area contributed by atoms with E-state index in [4.69, 9.17) is 0 Å². The Morgan fingerprint density at radius 2 is 1.76 bits per heavy atom. The number of hydrogen-bond acceptors (Lipinski definition) is 6. The third-order valence-electron chi connectivity index (χ3n) is 10.8. The summed E-state index contributed by atoms with van der Waals surface area (Å²) < 4.78 is 0. The number of carbonyl (C=O) groups is 2. The zero-order valence-corrected chi connectivity index (χ0v) is 23.3. The van der Waals surface area contributed by atoms with Crippen molar-refractivity contribution in [3.63, 3.8) is 0 Å². The van der Waals surface area contributed by atoms with E-state index in [1.54, 1.807) is 0 Å². The number of aliphatic carboxylic acids is 1. The van der Waals surface area contributed by atoms with Gasteiger partial charge in [-0.05, 0) is 97.7 Å². The van der Waals surface area contributed by atoms with Gasteiger partial charge in [-0.25, -0.2) is 0 Å². The van der Waals surface area contributed by atoms with E-state index in [-0.39, 0.29) is 94.5 Å². The van der Waals surface area contributed by atoms with Gasteiger partial charge in [0.2, 0.25) is 5.91 Å². The van der Waals surface area contributed by atoms with Gasteiger partial charge in [0.1, 0.15) is 0 Å². The molecule has 0 bridgehead atoms. The van der Waals surface area contributed by atoms with Gasteiger partial charge in [-0.1, -0.05) is 20.8 Å². The number of hydrogen-bond donors (Lipinski definition) is 4. The molecule has 0 aliphatic heterocycles. The van der Waals surface area contributed by atoms with E-state index >= 15 is 0 Å². The number of nitrogens with one attached hydrogen (secondary N) is 1. The minimum Gasteiger partial charge on any atom is -0.548 e. The van der Waals surface area contributed by atoms with Crippen molar-refractivity contribution >= 4 is 11.9 Å². The summed E-state index contributed by atoms with van der Waals surface area (Å²) in [6.07, 6.45) is 5.75. The Labute approximate surface area is 225 Å². The Morgan fingerprint density at radius 3 is 2.44 bits per heavy atom. The predicted molar refractivity (Wildman–Crippen MR) is 120 cm³/mol. The number of aliphatic hydroxyl groups is 3. The molecule has 0 aromatic carbocycles. The van der Waals surface area contributed by atoms with Crippen LogP contribution in [-0.2, 0) is 9.59 Å². The maximum absolute atomic E-state index is 12.0. The Kier molecular flexibility index (Phi) is 8.91. The van der Waals surface area contributed by atoms with Crippen molar-refractivity contribution < 1.29 is 59.6 Å². The minimum atomic E-state index is -1.29. The molecule has 0 saturated heterocycles. The molecule has 7 nitrogen and oxygen atoms in total. The summed E-state index contributed by atoms with van der Waals surface area (Å²) in [5, 5.41) is 46.1. The van der Waals surface area contributed by atoms with Crippen LogP contribution in [0.3, 0.4) is 0 Å². The molecule has 188 valence electrons. The van der Waals surface area contributed by atoms with Crippen molar-refractivity contribution in [1.82, 2.24) is 5.32 Å². The second-order valence-electron chi connectivity index (χ2n) is 12.2. The maximum atomic E-state index is 12.0. The number of amides is 1. The number of aliphatic hydroxyl groups excluding tert-OH is 3. The standard InChI is InChI=1S/C26H43NO6.Na/c1-14(4-7-22(31)27-13-23(32)33)17-5-6-18-24-19(12-21(30)26(17,18)3)25(2)9-8-16(28)10-15(25)11-20(24)29;/h14-21,24,28-30H,4-13H2,1-3H3,(H,27,31)(H,32,33);/q;+1/p-1/t14-,15+,16-,17-,18+,19+,20-,21+,24?,25?,26-;/m1./s1. The van der Waals surface area contributed by atoms with Crippen molar-refractivity contribution in [1.29, 1.82) is 0 Å². The molecule has 34 heavy (non-hydrogen) atoms. The summed E-state index contributed by atoms with van der Waals surface area (Å²) in [7, 11) is 0. The van der Waals surface area contributed by atoms with Crippen LogP contribution >= 0.6 is 0 Å². The zero-order chi connectivity index (χ0) is 24.1. The van der Waals surface area contributed by atoms with Gasteiger partial charge >= 0.3 is 29.6 Å². The Morgan fingerprint density at radius 1 is 1.06 bits per heavy atom. The third-order valence-corrected chi connectivity index (χ3v) is 10.8. The van der Waals surface area contributed by atoms with Crippen molar-refractivity contribution in [3.8, 4) is 0 Å². The van der Waals surface area contributed by atoms with Gasteiger partial charge in [0.05, 0.1) is 30.8 Å². The van der Waals surface area contributed by atoms with Crippen LogP contribution in [0.2, 0.25) is 0 Å². The van der Waals surface area contributed by atoms with Crippen LogP contribution in [0.5, 0.6) is 0 Å². The quantitative estimate of drug-likeness (QED) is 0.328. The molecule has 4 aliphatic carbocycles. The van der Waals surface area contributed by atoms with Gasteiger partial charge in [0.25, 0.3) is 0 Å². The van der Waals surface area contributed by atoms with Crippen LogP contribution in [0.4, 0.5) is 0 Å². The average Bonchev–Trinajstić information content (AvgIpc) is 3.11. The number of carboxylic acids is 1. The van der Waals surface area contributed by atoms with Gasteiger partial charge < -0.3 is 30.5 Å². The molecule has 2 unspecified atom stereocenters. The third kappa shape index (κ3) is 4.87. The average molecular weight is 488 g/mol. The second kappa shape index (κ2) is 10.7. The predicted octanol–water partition coefficient (Wildman–Crippen LogP) is -1.77. The maximum Gasteiger partial charge on any atom is 1.00 e. The monoisotopic (exact) mass is 487 g/mol. The molecule has 8 heteroatoms. The van der Waals surface area contributed by atoms with Crippen molar-refractivity contribution in [2.45, 2.75) is 96.9 Å². The first-order chi connectivity index (χ1) is 15.5. The first-order valence-corrected chi connectivity index (χ1v) is 13.0. The molecule has 4 rings (SSSR count). The van der Waals surface area contributed by atoms with Gasteiger partial charge in [0, 0.05) is 6.42 Å². The Hall–Kier alpha value is -0.180. The molecule has 0 aromatic rings. The fourth-order valence-corrected chi connectivity index (χ4v) is 8.95. The molecular formula is C26H42NNaO6. The molecule has 1 amide bonds. The van der Waals surface area contributed by atoms with E-state index < -0.39 is 18.6 Å². The van der Waals surface area contributed by atoms with Crippen LogP contribution < -0.4 is 40.0 Å². The van der Waals surface area contributed by atoms with Crippen LogP contribution in [-0.4, -0.2) is 52.1 Å². The molecule has 4 saturated carbocycles. The summed E-state index contributed by atoms with van der Waals surface area (Å²) in [6.45, 7) is 6.21. The van der Waals surface area contributed by atoms with E-state index in [9.17, 15) is 30.0 Å². The Balaban J connectivity index is 0.00000324. The molecule has 0 aromatic heterocycles. The van der Waals surface area contributed by atoms with Crippen molar-refractivity contribution in [2.24, 2.45) is 46.3 Å². The number of rotatable bonds is 6. The van der Waals surface area contributed by atoms with Gasteiger partial charge in [-0.15, -0.1) is 0 Å². The first kappa shape index (κ1) is 28.4. The first-order valence-electron chi connectivity index (χ1n) is 13.0. The zero-order valence-electron chi connectivity index (χ0n) is 21.3. The van der Waals surface area contributed by atoms with Crippen molar-refractivity contribution in [3.05, 3.63) is 0 Å². The molecule has 4 aliphatic rings. The van der Waals surface area contributed by atoms with E-state index in [1.165, 1.54) is 0 Å². The fourth-order valence-electron chi connectivity index (χ4n) is 8.95. The summed E-state index contributed by atoms with van der Waals surface area (Å²) in [4.78, 5) is 22.6. The Bertz CT molecular complexity index is 766. The molecule has 0 radical (unpaired) electrons.